The number of amides is 1. The largest absolute Gasteiger partial charge is 0.329 e. The topological polar surface area (TPSA) is 44.1 Å². The van der Waals surface area contributed by atoms with E-state index in [2.05, 4.69) is 13.0 Å². The average molecular weight is 222 g/mol. The van der Waals surface area contributed by atoms with E-state index in [1.165, 1.54) is 0 Å². The summed E-state index contributed by atoms with van der Waals surface area (Å²) in [5.41, 5.74) is -0.147. The molecule has 1 aliphatic carbocycles. The Morgan fingerprint density at radius 1 is 1.38 bits per heavy atom. The second-order valence-corrected chi connectivity index (χ2v) is 4.73. The first-order valence-corrected chi connectivity index (χ1v) is 6.36. The number of nitrogens with zero attached hydrogens (tertiary/aromatic N) is 2. The van der Waals surface area contributed by atoms with Crippen LogP contribution in [0.2, 0.25) is 0 Å². The van der Waals surface area contributed by atoms with Crippen molar-refractivity contribution >= 4 is 5.91 Å². The lowest BCUT2D eigenvalue weighted by molar-refractivity contribution is -0.141. The number of rotatable bonds is 5. The van der Waals surface area contributed by atoms with Gasteiger partial charge in [-0.25, -0.2) is 0 Å². The molecule has 0 bridgehead atoms. The summed E-state index contributed by atoms with van der Waals surface area (Å²) in [6.45, 7) is 5.10. The Bertz CT molecular complexity index is 274. The minimum atomic E-state index is -0.147. The minimum absolute atomic E-state index is 0.147. The summed E-state index contributed by atoms with van der Waals surface area (Å²) in [7, 11) is 0. The molecular weight excluding hydrogens is 200 g/mol. The quantitative estimate of drug-likeness (QED) is 0.671. The van der Waals surface area contributed by atoms with Crippen molar-refractivity contribution in [3.63, 3.8) is 0 Å². The minimum Gasteiger partial charge on any atom is -0.329 e. The van der Waals surface area contributed by atoms with Crippen LogP contribution in [0.25, 0.3) is 0 Å². The van der Waals surface area contributed by atoms with E-state index in [1.807, 2.05) is 6.92 Å². The molecule has 3 nitrogen and oxygen atoms in total. The van der Waals surface area contributed by atoms with Crippen LogP contribution in [0, 0.1) is 16.7 Å². The van der Waals surface area contributed by atoms with E-state index in [4.69, 9.17) is 5.26 Å². The van der Waals surface area contributed by atoms with Crippen molar-refractivity contribution in [2.45, 2.75) is 52.4 Å². The number of carbonyl (C=O) groups is 1. The third-order valence-electron chi connectivity index (χ3n) is 3.73. The Kier molecular flexibility index (Phi) is 4.79. The number of carbonyl (C=O) groups excluding carboxylic acids is 1. The van der Waals surface area contributed by atoms with E-state index in [-0.39, 0.29) is 17.9 Å². The Morgan fingerprint density at radius 2 is 2.00 bits per heavy atom. The van der Waals surface area contributed by atoms with E-state index >= 15 is 0 Å². The average Bonchev–Trinajstić information content (AvgIpc) is 2.77. The molecule has 0 aromatic rings. The van der Waals surface area contributed by atoms with Crippen LogP contribution in [0.3, 0.4) is 0 Å². The van der Waals surface area contributed by atoms with Crippen molar-refractivity contribution in [3.05, 3.63) is 0 Å². The van der Waals surface area contributed by atoms with E-state index in [1.54, 1.807) is 4.90 Å². The molecule has 3 heteroatoms. The fourth-order valence-corrected chi connectivity index (χ4v) is 2.71. The maximum atomic E-state index is 12.5. The maximum absolute atomic E-state index is 12.5. The molecule has 0 aromatic heterocycles. The van der Waals surface area contributed by atoms with Gasteiger partial charge in [-0.3, -0.25) is 4.79 Å². The predicted octanol–water partition coefficient (Wildman–Crippen LogP) is 2.72. The zero-order valence-corrected chi connectivity index (χ0v) is 10.5. The number of nitriles is 1. The molecule has 0 saturated heterocycles. The molecule has 90 valence electrons. The monoisotopic (exact) mass is 222 g/mol. The van der Waals surface area contributed by atoms with Crippen molar-refractivity contribution in [1.82, 2.24) is 4.90 Å². The second kappa shape index (κ2) is 5.89. The van der Waals surface area contributed by atoms with Gasteiger partial charge in [0, 0.05) is 12.0 Å². The first kappa shape index (κ1) is 13.0. The van der Waals surface area contributed by atoms with Gasteiger partial charge >= 0.3 is 0 Å². The van der Waals surface area contributed by atoms with Gasteiger partial charge in [0.1, 0.15) is 6.54 Å². The van der Waals surface area contributed by atoms with Gasteiger partial charge in [0.2, 0.25) is 5.91 Å². The summed E-state index contributed by atoms with van der Waals surface area (Å²) in [6.07, 6.45) is 6.17. The zero-order chi connectivity index (χ0) is 12.0. The summed E-state index contributed by atoms with van der Waals surface area (Å²) in [4.78, 5) is 14.2. The summed E-state index contributed by atoms with van der Waals surface area (Å²) < 4.78 is 0. The SMILES string of the molecule is CCCN(CC#N)C(=O)C1(CC)CCCC1. The molecule has 0 aliphatic heterocycles. The first-order chi connectivity index (χ1) is 7.70. The van der Waals surface area contributed by atoms with Crippen molar-refractivity contribution in [2.75, 3.05) is 13.1 Å². The molecule has 1 rings (SSSR count). The molecule has 0 atom stereocenters. The lowest BCUT2D eigenvalue weighted by atomic mass is 9.82. The van der Waals surface area contributed by atoms with Crippen LogP contribution in [-0.2, 0) is 4.79 Å². The molecule has 16 heavy (non-hydrogen) atoms. The van der Waals surface area contributed by atoms with Crippen molar-refractivity contribution in [3.8, 4) is 6.07 Å². The molecular formula is C13H22N2O. The standard InChI is InChI=1S/C13H22N2O/c1-3-10-15(11-9-14)12(16)13(4-2)7-5-6-8-13/h3-8,10-11H2,1-2H3. The Balaban J connectivity index is 2.75. The molecule has 1 saturated carbocycles. The van der Waals surface area contributed by atoms with E-state index in [9.17, 15) is 4.79 Å². The second-order valence-electron chi connectivity index (χ2n) is 4.73. The third-order valence-corrected chi connectivity index (χ3v) is 3.73. The Hall–Kier alpha value is -1.04. The summed E-state index contributed by atoms with van der Waals surface area (Å²) in [6, 6.07) is 2.10. The van der Waals surface area contributed by atoms with E-state index in [0.29, 0.717) is 6.54 Å². The van der Waals surface area contributed by atoms with Gasteiger partial charge in [0.15, 0.2) is 0 Å². The highest BCUT2D eigenvalue weighted by atomic mass is 16.2. The molecule has 0 radical (unpaired) electrons. The third kappa shape index (κ3) is 2.55. The van der Waals surface area contributed by atoms with Gasteiger partial charge in [-0.15, -0.1) is 0 Å². The van der Waals surface area contributed by atoms with Gasteiger partial charge in [-0.05, 0) is 25.7 Å². The molecule has 1 aliphatic rings. The van der Waals surface area contributed by atoms with Crippen LogP contribution >= 0.6 is 0 Å². The van der Waals surface area contributed by atoms with E-state index < -0.39 is 0 Å². The fourth-order valence-electron chi connectivity index (χ4n) is 2.71. The highest BCUT2D eigenvalue weighted by molar-refractivity contribution is 5.83. The predicted molar refractivity (Wildman–Crippen MR) is 63.7 cm³/mol. The highest BCUT2D eigenvalue weighted by Gasteiger charge is 2.41. The summed E-state index contributed by atoms with van der Waals surface area (Å²) in [5, 5.41) is 8.77. The van der Waals surface area contributed by atoms with Crippen LogP contribution in [0.15, 0.2) is 0 Å². The fraction of sp³-hybridized carbons (Fsp3) is 0.846. The lowest BCUT2D eigenvalue weighted by Gasteiger charge is -2.32. The Morgan fingerprint density at radius 3 is 2.44 bits per heavy atom. The number of hydrogen-bond acceptors (Lipinski definition) is 2. The Labute approximate surface area is 98.4 Å². The number of hydrogen-bond donors (Lipinski definition) is 0. The van der Waals surface area contributed by atoms with Crippen LogP contribution in [-0.4, -0.2) is 23.9 Å². The van der Waals surface area contributed by atoms with E-state index in [0.717, 1.165) is 38.5 Å². The van der Waals surface area contributed by atoms with Crippen LogP contribution in [0.5, 0.6) is 0 Å². The van der Waals surface area contributed by atoms with Gasteiger partial charge < -0.3 is 4.90 Å². The highest BCUT2D eigenvalue weighted by Crippen LogP contribution is 2.42. The molecule has 1 fully saturated rings. The zero-order valence-electron chi connectivity index (χ0n) is 10.5. The van der Waals surface area contributed by atoms with Crippen LogP contribution in [0.4, 0.5) is 0 Å². The van der Waals surface area contributed by atoms with Gasteiger partial charge in [-0.2, -0.15) is 5.26 Å². The smallest absolute Gasteiger partial charge is 0.229 e. The van der Waals surface area contributed by atoms with Crippen LogP contribution < -0.4 is 0 Å². The van der Waals surface area contributed by atoms with Crippen molar-refractivity contribution in [1.29, 1.82) is 5.26 Å². The molecule has 0 spiro atoms. The van der Waals surface area contributed by atoms with Gasteiger partial charge in [-0.1, -0.05) is 26.7 Å². The molecule has 1 amide bonds. The summed E-state index contributed by atoms with van der Waals surface area (Å²) in [5.74, 6) is 0.218. The van der Waals surface area contributed by atoms with Crippen molar-refractivity contribution < 1.29 is 4.79 Å². The van der Waals surface area contributed by atoms with Crippen molar-refractivity contribution in [2.24, 2.45) is 5.41 Å². The van der Waals surface area contributed by atoms with Crippen LogP contribution in [0.1, 0.15) is 52.4 Å². The summed E-state index contributed by atoms with van der Waals surface area (Å²) >= 11 is 0. The maximum Gasteiger partial charge on any atom is 0.229 e. The van der Waals surface area contributed by atoms with Gasteiger partial charge in [0.25, 0.3) is 0 Å². The molecule has 0 aromatic carbocycles. The molecule has 0 N–H and O–H groups in total. The molecule has 0 heterocycles. The normalized spacial score (nSPS) is 18.1. The van der Waals surface area contributed by atoms with Gasteiger partial charge in [0.05, 0.1) is 6.07 Å². The lowest BCUT2D eigenvalue weighted by Crippen LogP contribution is -2.43. The molecule has 0 unspecified atom stereocenters. The first-order valence-electron chi connectivity index (χ1n) is 6.36.